The molecule has 1 fully saturated rings. The Hall–Kier alpha value is -3.66. The van der Waals surface area contributed by atoms with E-state index in [1.54, 1.807) is 48.7 Å². The Morgan fingerprint density at radius 2 is 1.88 bits per heavy atom. The lowest BCUT2D eigenvalue weighted by molar-refractivity contribution is 0.532. The molecule has 0 amide bonds. The van der Waals surface area contributed by atoms with Crippen LogP contribution in [-0.4, -0.2) is 28.3 Å². The van der Waals surface area contributed by atoms with Crippen molar-refractivity contribution >= 4 is 38.4 Å². The van der Waals surface area contributed by atoms with Gasteiger partial charge in [-0.1, -0.05) is 31.0 Å². The second-order valence-corrected chi connectivity index (χ2v) is 10.3. The van der Waals surface area contributed by atoms with Gasteiger partial charge in [-0.2, -0.15) is 9.66 Å². The van der Waals surface area contributed by atoms with Crippen LogP contribution in [0, 0.1) is 6.92 Å². The lowest BCUT2D eigenvalue weighted by atomic mass is 10.3. The molecule has 0 spiro atoms. The molecule has 0 saturated heterocycles. The predicted octanol–water partition coefficient (Wildman–Crippen LogP) is 4.03. The quantitative estimate of drug-likeness (QED) is 0.438. The Morgan fingerprint density at radius 1 is 1.09 bits per heavy atom. The smallest absolute Gasteiger partial charge is 0.406 e. The van der Waals surface area contributed by atoms with Gasteiger partial charge in [0, 0.05) is 17.4 Å². The zero-order valence-electron chi connectivity index (χ0n) is 18.0. The molecule has 0 unspecified atom stereocenters. The van der Waals surface area contributed by atoms with E-state index in [1.165, 1.54) is 4.68 Å². The monoisotopic (exact) mass is 465 g/mol. The van der Waals surface area contributed by atoms with Crippen molar-refractivity contribution in [2.45, 2.75) is 42.8 Å². The van der Waals surface area contributed by atoms with Crippen LogP contribution in [0.25, 0.3) is 11.1 Å². The molecule has 0 atom stereocenters. The molecule has 170 valence electrons. The Kier molecular flexibility index (Phi) is 5.37. The van der Waals surface area contributed by atoms with Gasteiger partial charge >= 0.3 is 5.76 Å². The number of benzene rings is 2. The first-order chi connectivity index (χ1) is 15.9. The number of fused-ring (bicyclic) bond motifs is 1. The zero-order valence-corrected chi connectivity index (χ0v) is 18.8. The fourth-order valence-electron chi connectivity index (χ4n) is 4.06. The summed E-state index contributed by atoms with van der Waals surface area (Å²) < 4.78 is 32.4. The minimum atomic E-state index is -3.37. The van der Waals surface area contributed by atoms with E-state index >= 15 is 0 Å². The van der Waals surface area contributed by atoms with E-state index in [0.29, 0.717) is 40.3 Å². The lowest BCUT2D eigenvalue weighted by Crippen LogP contribution is -2.23. The highest BCUT2D eigenvalue weighted by atomic mass is 32.2. The SMILES string of the molecule is Cc1cnc(Nc2cccc(S(=O)(=O)C3CCCC3)c2)nc1Nn1c(=O)oc2ccccc21. The fourth-order valence-corrected chi connectivity index (χ4v) is 5.96. The van der Waals surface area contributed by atoms with Crippen LogP contribution in [0.3, 0.4) is 0 Å². The van der Waals surface area contributed by atoms with E-state index in [1.807, 2.05) is 13.0 Å². The average Bonchev–Trinajstić information content (AvgIpc) is 3.45. The first kappa shape index (κ1) is 21.2. The molecule has 4 aromatic rings. The van der Waals surface area contributed by atoms with Crippen molar-refractivity contribution in [1.29, 1.82) is 0 Å². The standard InChI is InChI=1S/C23H23N5O4S/c1-15-14-24-22(26-21(15)27-28-19-11-4-5-12-20(19)32-23(28)29)25-16-7-6-10-18(13-16)33(30,31)17-8-2-3-9-17/h4-7,10-14,17H,2-3,8-9H2,1H3,(H2,24,25,26,27). The van der Waals surface area contributed by atoms with Crippen LogP contribution < -0.4 is 16.5 Å². The van der Waals surface area contributed by atoms with Crippen molar-refractivity contribution in [1.82, 2.24) is 14.6 Å². The molecule has 2 heterocycles. The molecule has 1 saturated carbocycles. The molecule has 0 bridgehead atoms. The molecule has 2 N–H and O–H groups in total. The molecular formula is C23H23N5O4S. The van der Waals surface area contributed by atoms with Gasteiger partial charge in [0.2, 0.25) is 5.95 Å². The number of oxazole rings is 1. The molecule has 0 aliphatic heterocycles. The molecule has 1 aliphatic carbocycles. The van der Waals surface area contributed by atoms with Gasteiger partial charge in [0.25, 0.3) is 0 Å². The minimum absolute atomic E-state index is 0.263. The molecule has 2 aromatic carbocycles. The summed E-state index contributed by atoms with van der Waals surface area (Å²) in [5, 5.41) is 2.75. The predicted molar refractivity (Wildman–Crippen MR) is 125 cm³/mol. The molecular weight excluding hydrogens is 442 g/mol. The second-order valence-electron chi connectivity index (χ2n) is 8.11. The van der Waals surface area contributed by atoms with Crippen molar-refractivity contribution < 1.29 is 12.8 Å². The first-order valence-electron chi connectivity index (χ1n) is 10.7. The fraction of sp³-hybridized carbons (Fsp3) is 0.261. The Bertz CT molecular complexity index is 1490. The van der Waals surface area contributed by atoms with Gasteiger partial charge in [0.05, 0.1) is 10.1 Å². The summed E-state index contributed by atoms with van der Waals surface area (Å²) in [5.74, 6) is 0.115. The molecule has 0 radical (unpaired) electrons. The second kappa shape index (κ2) is 8.36. The highest BCUT2D eigenvalue weighted by Crippen LogP contribution is 2.31. The normalized spacial score (nSPS) is 14.6. The zero-order chi connectivity index (χ0) is 23.0. The maximum Gasteiger partial charge on any atom is 0.439 e. The van der Waals surface area contributed by atoms with Gasteiger partial charge in [-0.15, -0.1) is 0 Å². The minimum Gasteiger partial charge on any atom is -0.406 e. The maximum atomic E-state index is 12.9. The van der Waals surface area contributed by atoms with Crippen LogP contribution in [0.15, 0.2) is 68.8 Å². The number of aryl methyl sites for hydroxylation is 1. The van der Waals surface area contributed by atoms with E-state index in [0.717, 1.165) is 18.4 Å². The topological polar surface area (TPSA) is 119 Å². The number of hydrogen-bond acceptors (Lipinski definition) is 8. The van der Waals surface area contributed by atoms with E-state index in [2.05, 4.69) is 20.7 Å². The maximum absolute atomic E-state index is 12.9. The summed E-state index contributed by atoms with van der Waals surface area (Å²) in [4.78, 5) is 21.4. The highest BCUT2D eigenvalue weighted by Gasteiger charge is 2.30. The van der Waals surface area contributed by atoms with Crippen LogP contribution in [-0.2, 0) is 9.84 Å². The van der Waals surface area contributed by atoms with Crippen molar-refractivity contribution in [2.24, 2.45) is 0 Å². The Morgan fingerprint density at radius 3 is 2.70 bits per heavy atom. The largest absolute Gasteiger partial charge is 0.439 e. The van der Waals surface area contributed by atoms with Gasteiger partial charge in [-0.25, -0.2) is 18.2 Å². The summed E-state index contributed by atoms with van der Waals surface area (Å²) in [6, 6.07) is 13.8. The molecule has 1 aliphatic rings. The number of aromatic nitrogens is 3. The number of anilines is 3. The molecule has 9 nitrogen and oxygen atoms in total. The van der Waals surface area contributed by atoms with Crippen molar-refractivity contribution in [2.75, 3.05) is 10.7 Å². The van der Waals surface area contributed by atoms with Crippen LogP contribution in [0.1, 0.15) is 31.2 Å². The van der Waals surface area contributed by atoms with Crippen molar-refractivity contribution in [3.63, 3.8) is 0 Å². The third-order valence-corrected chi connectivity index (χ3v) is 8.10. The van der Waals surface area contributed by atoms with Crippen LogP contribution >= 0.6 is 0 Å². The Balaban J connectivity index is 1.42. The van der Waals surface area contributed by atoms with E-state index in [-0.39, 0.29) is 11.2 Å². The first-order valence-corrected chi connectivity index (χ1v) is 12.3. The summed E-state index contributed by atoms with van der Waals surface area (Å²) in [5.41, 5.74) is 5.31. The number of nitrogens with zero attached hydrogens (tertiary/aromatic N) is 3. The van der Waals surface area contributed by atoms with Gasteiger partial charge in [-0.05, 0) is 50.1 Å². The van der Waals surface area contributed by atoms with Crippen LogP contribution in [0.2, 0.25) is 0 Å². The van der Waals surface area contributed by atoms with Crippen molar-refractivity contribution in [3.05, 3.63) is 70.8 Å². The number of sulfone groups is 1. The molecule has 10 heteroatoms. The summed E-state index contributed by atoms with van der Waals surface area (Å²) >= 11 is 0. The van der Waals surface area contributed by atoms with Gasteiger partial charge < -0.3 is 9.73 Å². The molecule has 33 heavy (non-hydrogen) atoms. The van der Waals surface area contributed by atoms with Gasteiger partial charge in [-0.3, -0.25) is 5.43 Å². The highest BCUT2D eigenvalue weighted by molar-refractivity contribution is 7.92. The van der Waals surface area contributed by atoms with E-state index in [9.17, 15) is 13.2 Å². The third-order valence-electron chi connectivity index (χ3n) is 5.84. The molecule has 2 aromatic heterocycles. The van der Waals surface area contributed by atoms with Crippen molar-refractivity contribution in [3.8, 4) is 0 Å². The average molecular weight is 466 g/mol. The summed E-state index contributed by atoms with van der Waals surface area (Å²) in [6.45, 7) is 1.81. The summed E-state index contributed by atoms with van der Waals surface area (Å²) in [7, 11) is -3.37. The van der Waals surface area contributed by atoms with Crippen LogP contribution in [0.4, 0.5) is 17.5 Å². The van der Waals surface area contributed by atoms with E-state index in [4.69, 9.17) is 4.42 Å². The van der Waals surface area contributed by atoms with E-state index < -0.39 is 15.6 Å². The summed E-state index contributed by atoms with van der Waals surface area (Å²) in [6.07, 6.45) is 4.92. The number of rotatable bonds is 6. The molecule has 5 rings (SSSR count). The third kappa shape index (κ3) is 4.09. The number of para-hydroxylation sites is 2. The number of nitrogens with one attached hydrogen (secondary N) is 2. The Labute approximate surface area is 190 Å². The number of hydrogen-bond donors (Lipinski definition) is 2. The van der Waals surface area contributed by atoms with Gasteiger partial charge in [0.1, 0.15) is 5.52 Å². The van der Waals surface area contributed by atoms with Gasteiger partial charge in [0.15, 0.2) is 21.2 Å². The lowest BCUT2D eigenvalue weighted by Gasteiger charge is -2.13. The van der Waals surface area contributed by atoms with Crippen LogP contribution in [0.5, 0.6) is 0 Å².